The Kier molecular flexibility index (Phi) is 5.82. The van der Waals surface area contributed by atoms with Crippen LogP contribution in [0.3, 0.4) is 0 Å². The van der Waals surface area contributed by atoms with Crippen molar-refractivity contribution in [3.63, 3.8) is 0 Å². The lowest BCUT2D eigenvalue weighted by atomic mass is 10.2. The maximum Gasteiger partial charge on any atom is 0.251 e. The molecular formula is C19H21N5O2. The highest BCUT2D eigenvalue weighted by Gasteiger charge is 2.05. The third-order valence-corrected chi connectivity index (χ3v) is 3.67. The molecule has 0 atom stereocenters. The topological polar surface area (TPSA) is 81.1 Å². The number of nitrogens with one attached hydrogen (secondary N) is 2. The number of hydrogen-bond acceptors (Lipinski definition) is 5. The number of ether oxygens (including phenoxy) is 1. The first-order valence-corrected chi connectivity index (χ1v) is 8.46. The maximum absolute atomic E-state index is 12.1. The molecule has 7 nitrogen and oxygen atoms in total. The summed E-state index contributed by atoms with van der Waals surface area (Å²) in [5.41, 5.74) is 0.602. The van der Waals surface area contributed by atoms with Crippen LogP contribution in [0.25, 0.3) is 5.82 Å². The van der Waals surface area contributed by atoms with Crippen LogP contribution >= 0.6 is 0 Å². The summed E-state index contributed by atoms with van der Waals surface area (Å²) in [4.78, 5) is 20.5. The molecule has 0 aliphatic carbocycles. The lowest BCUT2D eigenvalue weighted by molar-refractivity contribution is 0.0955. The van der Waals surface area contributed by atoms with Crippen LogP contribution in [0.15, 0.2) is 61.2 Å². The fourth-order valence-electron chi connectivity index (χ4n) is 2.41. The van der Waals surface area contributed by atoms with Crippen molar-refractivity contribution in [2.75, 3.05) is 25.0 Å². The van der Waals surface area contributed by atoms with E-state index in [4.69, 9.17) is 4.74 Å². The Labute approximate surface area is 152 Å². The van der Waals surface area contributed by atoms with Crippen LogP contribution in [0.1, 0.15) is 17.3 Å². The molecule has 0 bridgehead atoms. The van der Waals surface area contributed by atoms with Gasteiger partial charge in [0.15, 0.2) is 0 Å². The molecule has 3 aromatic rings. The second-order valence-corrected chi connectivity index (χ2v) is 5.49. The van der Waals surface area contributed by atoms with E-state index in [1.54, 1.807) is 24.3 Å². The summed E-state index contributed by atoms with van der Waals surface area (Å²) < 4.78 is 7.27. The Morgan fingerprint density at radius 1 is 1.12 bits per heavy atom. The first-order valence-electron chi connectivity index (χ1n) is 8.46. The summed E-state index contributed by atoms with van der Waals surface area (Å²) in [6.45, 7) is 3.57. The molecule has 0 aliphatic rings. The van der Waals surface area contributed by atoms with Gasteiger partial charge < -0.3 is 19.9 Å². The van der Waals surface area contributed by atoms with Gasteiger partial charge in [0.1, 0.15) is 23.7 Å². The van der Waals surface area contributed by atoms with Crippen molar-refractivity contribution in [3.05, 3.63) is 66.7 Å². The average molecular weight is 351 g/mol. The molecule has 7 heteroatoms. The van der Waals surface area contributed by atoms with Crippen LogP contribution in [-0.2, 0) is 0 Å². The summed E-state index contributed by atoms with van der Waals surface area (Å²) in [6, 6.07) is 12.8. The minimum Gasteiger partial charge on any atom is -0.494 e. The highest BCUT2D eigenvalue weighted by atomic mass is 16.5. The van der Waals surface area contributed by atoms with E-state index >= 15 is 0 Å². The number of rotatable bonds is 8. The van der Waals surface area contributed by atoms with Crippen molar-refractivity contribution in [1.29, 1.82) is 0 Å². The molecule has 0 unspecified atom stereocenters. The van der Waals surface area contributed by atoms with Gasteiger partial charge in [0.2, 0.25) is 0 Å². The third-order valence-electron chi connectivity index (χ3n) is 3.67. The van der Waals surface area contributed by atoms with Crippen molar-refractivity contribution in [2.45, 2.75) is 6.92 Å². The molecule has 1 amide bonds. The molecule has 0 aliphatic heterocycles. The fourth-order valence-corrected chi connectivity index (χ4v) is 2.41. The molecule has 2 N–H and O–H groups in total. The van der Waals surface area contributed by atoms with Crippen molar-refractivity contribution in [1.82, 2.24) is 19.9 Å². The van der Waals surface area contributed by atoms with Gasteiger partial charge in [-0.05, 0) is 43.3 Å². The number of benzene rings is 1. The SMILES string of the molecule is CCOc1ccc(C(=O)NCCNc2cc(-n3cccc3)ncn2)cc1. The Hall–Kier alpha value is -3.35. The van der Waals surface area contributed by atoms with Gasteiger partial charge in [-0.25, -0.2) is 9.97 Å². The van der Waals surface area contributed by atoms with E-state index in [-0.39, 0.29) is 5.91 Å². The molecule has 0 fully saturated rings. The second-order valence-electron chi connectivity index (χ2n) is 5.49. The predicted octanol–water partition coefficient (Wildman–Crippen LogP) is 2.51. The van der Waals surface area contributed by atoms with E-state index in [1.807, 2.05) is 42.1 Å². The van der Waals surface area contributed by atoms with Crippen LogP contribution in [0.5, 0.6) is 5.75 Å². The van der Waals surface area contributed by atoms with Crippen molar-refractivity contribution < 1.29 is 9.53 Å². The van der Waals surface area contributed by atoms with Gasteiger partial charge in [-0.3, -0.25) is 4.79 Å². The van der Waals surface area contributed by atoms with Gasteiger partial charge >= 0.3 is 0 Å². The van der Waals surface area contributed by atoms with Gasteiger partial charge in [0.25, 0.3) is 5.91 Å². The number of anilines is 1. The average Bonchev–Trinajstić information content (AvgIpc) is 3.21. The Morgan fingerprint density at radius 3 is 2.62 bits per heavy atom. The van der Waals surface area contributed by atoms with E-state index in [1.165, 1.54) is 6.33 Å². The van der Waals surface area contributed by atoms with E-state index in [0.29, 0.717) is 31.1 Å². The second kappa shape index (κ2) is 8.66. The van der Waals surface area contributed by atoms with Crippen LogP contribution in [-0.4, -0.2) is 40.1 Å². The minimum atomic E-state index is -0.120. The Balaban J connectivity index is 1.46. The molecule has 0 saturated heterocycles. The highest BCUT2D eigenvalue weighted by molar-refractivity contribution is 5.94. The van der Waals surface area contributed by atoms with Crippen molar-refractivity contribution >= 4 is 11.7 Å². The lowest BCUT2D eigenvalue weighted by Gasteiger charge is -2.09. The maximum atomic E-state index is 12.1. The molecule has 134 valence electrons. The highest BCUT2D eigenvalue weighted by Crippen LogP contribution is 2.12. The van der Waals surface area contributed by atoms with Crippen molar-refractivity contribution in [3.8, 4) is 11.6 Å². The number of aromatic nitrogens is 3. The molecule has 2 aromatic heterocycles. The zero-order chi connectivity index (χ0) is 18.2. The zero-order valence-corrected chi connectivity index (χ0v) is 14.6. The van der Waals surface area contributed by atoms with Crippen LogP contribution in [0.4, 0.5) is 5.82 Å². The van der Waals surface area contributed by atoms with Gasteiger partial charge in [0.05, 0.1) is 6.61 Å². The van der Waals surface area contributed by atoms with Crippen LogP contribution in [0.2, 0.25) is 0 Å². The van der Waals surface area contributed by atoms with Crippen LogP contribution in [0, 0.1) is 0 Å². The van der Waals surface area contributed by atoms with Gasteiger partial charge in [-0.2, -0.15) is 0 Å². The molecule has 1 aromatic carbocycles. The van der Waals surface area contributed by atoms with E-state index in [2.05, 4.69) is 20.6 Å². The first-order chi connectivity index (χ1) is 12.8. The Morgan fingerprint density at radius 2 is 1.88 bits per heavy atom. The number of hydrogen-bond donors (Lipinski definition) is 2. The molecule has 26 heavy (non-hydrogen) atoms. The lowest BCUT2D eigenvalue weighted by Crippen LogP contribution is -2.28. The zero-order valence-electron chi connectivity index (χ0n) is 14.6. The largest absolute Gasteiger partial charge is 0.494 e. The Bertz CT molecular complexity index is 831. The van der Waals surface area contributed by atoms with E-state index in [0.717, 1.165) is 11.6 Å². The fraction of sp³-hybridized carbons (Fsp3) is 0.211. The van der Waals surface area contributed by atoms with Crippen molar-refractivity contribution in [2.24, 2.45) is 0 Å². The monoisotopic (exact) mass is 351 g/mol. The first kappa shape index (κ1) is 17.5. The molecule has 0 spiro atoms. The molecule has 2 heterocycles. The summed E-state index contributed by atoms with van der Waals surface area (Å²) >= 11 is 0. The molecule has 3 rings (SSSR count). The predicted molar refractivity (Wildman–Crippen MR) is 99.8 cm³/mol. The number of carbonyl (C=O) groups is 1. The standard InChI is InChI=1S/C19H21N5O2/c1-2-26-16-7-5-15(6-8-16)19(25)21-10-9-20-17-13-18(23-14-22-17)24-11-3-4-12-24/h3-8,11-14H,2,9-10H2,1H3,(H,21,25)(H,20,22,23). The summed E-state index contributed by atoms with van der Waals surface area (Å²) in [7, 11) is 0. The number of amides is 1. The van der Waals surface area contributed by atoms with E-state index in [9.17, 15) is 4.79 Å². The number of nitrogens with zero attached hydrogens (tertiary/aromatic N) is 3. The third kappa shape index (κ3) is 4.60. The molecular weight excluding hydrogens is 330 g/mol. The van der Waals surface area contributed by atoms with Gasteiger partial charge in [0, 0.05) is 37.1 Å². The summed E-state index contributed by atoms with van der Waals surface area (Å²) in [5, 5.41) is 6.05. The van der Waals surface area contributed by atoms with E-state index < -0.39 is 0 Å². The minimum absolute atomic E-state index is 0.120. The smallest absolute Gasteiger partial charge is 0.251 e. The number of carbonyl (C=O) groups excluding carboxylic acids is 1. The summed E-state index contributed by atoms with van der Waals surface area (Å²) in [6.07, 6.45) is 5.35. The van der Waals surface area contributed by atoms with Crippen LogP contribution < -0.4 is 15.4 Å². The summed E-state index contributed by atoms with van der Waals surface area (Å²) in [5.74, 6) is 2.13. The quantitative estimate of drug-likeness (QED) is 0.610. The van der Waals surface area contributed by atoms with Gasteiger partial charge in [-0.1, -0.05) is 0 Å². The molecule has 0 radical (unpaired) electrons. The van der Waals surface area contributed by atoms with Gasteiger partial charge in [-0.15, -0.1) is 0 Å². The normalized spacial score (nSPS) is 10.3. The molecule has 0 saturated carbocycles.